The van der Waals surface area contributed by atoms with E-state index in [9.17, 15) is 9.59 Å². The van der Waals surface area contributed by atoms with Crippen molar-refractivity contribution < 1.29 is 9.59 Å². The van der Waals surface area contributed by atoms with Crippen LogP contribution in [0.25, 0.3) is 0 Å². The minimum Gasteiger partial charge on any atom is -0.343 e. The van der Waals surface area contributed by atoms with E-state index in [-0.39, 0.29) is 17.7 Å². The Morgan fingerprint density at radius 1 is 0.839 bits per heavy atom. The number of aromatic nitrogens is 1. The number of carbonyl (C=O) groups excluding carboxylic acids is 2. The van der Waals surface area contributed by atoms with Crippen LogP contribution in [0.2, 0.25) is 0 Å². The van der Waals surface area contributed by atoms with Crippen LogP contribution in [0.4, 0.5) is 0 Å². The molecule has 1 atom stereocenters. The monoisotopic (exact) mass is 414 g/mol. The summed E-state index contributed by atoms with van der Waals surface area (Å²) in [5, 5.41) is 6.94. The third kappa shape index (κ3) is 6.09. The van der Waals surface area contributed by atoms with Gasteiger partial charge in [0.2, 0.25) is 5.91 Å². The maximum atomic E-state index is 13.3. The number of pyridine rings is 1. The summed E-state index contributed by atoms with van der Waals surface area (Å²) >= 11 is 0. The topological polar surface area (TPSA) is 83.5 Å². The van der Waals surface area contributed by atoms with Crippen molar-refractivity contribution in [3.05, 3.63) is 102 Å². The molecule has 2 aromatic carbocycles. The van der Waals surface area contributed by atoms with Gasteiger partial charge in [-0.05, 0) is 34.7 Å². The van der Waals surface area contributed by atoms with Crippen LogP contribution in [0.3, 0.4) is 0 Å². The normalized spacial score (nSPS) is 12.1. The van der Waals surface area contributed by atoms with Crippen LogP contribution < -0.4 is 10.7 Å². The average Bonchev–Trinajstić information content (AvgIpc) is 2.79. The first-order chi connectivity index (χ1) is 15.1. The van der Waals surface area contributed by atoms with Gasteiger partial charge in [-0.3, -0.25) is 14.6 Å². The number of hydrogen-bond donors (Lipinski definition) is 2. The number of hydrazone groups is 1. The van der Waals surface area contributed by atoms with Gasteiger partial charge in [-0.1, -0.05) is 74.5 Å². The van der Waals surface area contributed by atoms with Gasteiger partial charge in [0.05, 0.1) is 12.1 Å². The lowest BCUT2D eigenvalue weighted by Gasteiger charge is -2.24. The van der Waals surface area contributed by atoms with Gasteiger partial charge in [0.1, 0.15) is 6.04 Å². The summed E-state index contributed by atoms with van der Waals surface area (Å²) < 4.78 is 0. The number of nitrogens with zero attached hydrogens (tertiary/aromatic N) is 2. The number of rotatable bonds is 8. The van der Waals surface area contributed by atoms with E-state index in [1.807, 2.05) is 74.5 Å². The van der Waals surface area contributed by atoms with Gasteiger partial charge in [0.25, 0.3) is 5.91 Å². The summed E-state index contributed by atoms with van der Waals surface area (Å²) in [5.74, 6) is -1.23. The Morgan fingerprint density at radius 2 is 1.39 bits per heavy atom. The Bertz CT molecular complexity index is 966. The zero-order valence-electron chi connectivity index (χ0n) is 17.6. The molecule has 0 fully saturated rings. The zero-order valence-corrected chi connectivity index (χ0v) is 17.6. The lowest BCUT2D eigenvalue weighted by molar-refractivity contribution is -0.130. The number of carbonyl (C=O) groups is 2. The zero-order chi connectivity index (χ0) is 22.1. The van der Waals surface area contributed by atoms with Gasteiger partial charge >= 0.3 is 0 Å². The lowest BCUT2D eigenvalue weighted by Crippen LogP contribution is -2.50. The quantitative estimate of drug-likeness (QED) is 0.437. The highest BCUT2D eigenvalue weighted by Crippen LogP contribution is 2.25. The van der Waals surface area contributed by atoms with Gasteiger partial charge in [-0.2, -0.15) is 5.10 Å². The first kappa shape index (κ1) is 21.9. The van der Waals surface area contributed by atoms with Gasteiger partial charge in [0.15, 0.2) is 0 Å². The van der Waals surface area contributed by atoms with E-state index in [2.05, 4.69) is 20.8 Å². The molecule has 2 amide bonds. The predicted molar refractivity (Wildman–Crippen MR) is 121 cm³/mol. The highest BCUT2D eigenvalue weighted by atomic mass is 16.2. The van der Waals surface area contributed by atoms with Crippen molar-refractivity contribution >= 4 is 18.0 Å². The van der Waals surface area contributed by atoms with Gasteiger partial charge in [0, 0.05) is 12.4 Å². The molecular formula is C25H26N4O2. The highest BCUT2D eigenvalue weighted by molar-refractivity contribution is 5.93. The van der Waals surface area contributed by atoms with Crippen LogP contribution in [-0.2, 0) is 9.59 Å². The van der Waals surface area contributed by atoms with E-state index in [0.29, 0.717) is 0 Å². The molecule has 0 bridgehead atoms. The molecule has 6 heteroatoms. The summed E-state index contributed by atoms with van der Waals surface area (Å²) in [4.78, 5) is 30.0. The molecule has 0 aliphatic heterocycles. The fourth-order valence-corrected chi connectivity index (χ4v) is 3.25. The van der Waals surface area contributed by atoms with Crippen molar-refractivity contribution in [3.8, 4) is 0 Å². The number of benzene rings is 2. The third-order valence-electron chi connectivity index (χ3n) is 4.87. The number of nitrogens with one attached hydrogen (secondary N) is 2. The fourth-order valence-electron chi connectivity index (χ4n) is 3.25. The predicted octanol–water partition coefficient (Wildman–Crippen LogP) is 3.50. The Hall–Kier alpha value is -3.80. The van der Waals surface area contributed by atoms with E-state index in [1.165, 1.54) is 6.21 Å². The average molecular weight is 415 g/mol. The standard InChI is InChI=1S/C25H26N4O2/c1-18(2)23(25(31)29-27-17-19-13-15-26-16-14-19)28-24(30)22(20-9-5-3-6-10-20)21-11-7-4-8-12-21/h3-18,22-23H,1-2H3,(H,28,30)(H,29,31)/b27-17-/t23-/m0/s1. The van der Waals surface area contributed by atoms with E-state index >= 15 is 0 Å². The molecule has 3 rings (SSSR count). The van der Waals surface area contributed by atoms with Crippen LogP contribution >= 0.6 is 0 Å². The molecule has 0 aliphatic rings. The molecular weight excluding hydrogens is 388 g/mol. The maximum absolute atomic E-state index is 13.3. The van der Waals surface area contributed by atoms with E-state index in [4.69, 9.17) is 0 Å². The summed E-state index contributed by atoms with van der Waals surface area (Å²) in [6.07, 6.45) is 4.83. The summed E-state index contributed by atoms with van der Waals surface area (Å²) in [5.41, 5.74) is 5.08. The molecule has 0 spiro atoms. The molecule has 0 saturated heterocycles. The second-order valence-corrected chi connectivity index (χ2v) is 7.50. The molecule has 2 N–H and O–H groups in total. The molecule has 0 unspecified atom stereocenters. The van der Waals surface area contributed by atoms with Crippen molar-refractivity contribution in [2.75, 3.05) is 0 Å². The van der Waals surface area contributed by atoms with Crippen molar-refractivity contribution in [3.63, 3.8) is 0 Å². The van der Waals surface area contributed by atoms with Crippen molar-refractivity contribution in [2.24, 2.45) is 11.0 Å². The summed E-state index contributed by atoms with van der Waals surface area (Å²) in [6, 6.07) is 21.9. The van der Waals surface area contributed by atoms with Gasteiger partial charge < -0.3 is 5.32 Å². The van der Waals surface area contributed by atoms with Crippen molar-refractivity contribution in [2.45, 2.75) is 25.8 Å². The van der Waals surface area contributed by atoms with Crippen LogP contribution in [-0.4, -0.2) is 29.1 Å². The highest BCUT2D eigenvalue weighted by Gasteiger charge is 2.29. The Morgan fingerprint density at radius 3 is 1.90 bits per heavy atom. The molecule has 1 heterocycles. The van der Waals surface area contributed by atoms with E-state index < -0.39 is 12.0 Å². The lowest BCUT2D eigenvalue weighted by atomic mass is 9.89. The minimum atomic E-state index is -0.725. The number of amides is 2. The second kappa shape index (κ2) is 10.8. The SMILES string of the molecule is CC(C)[C@H](NC(=O)C(c1ccccc1)c1ccccc1)C(=O)N/N=C\c1ccncc1. The first-order valence-electron chi connectivity index (χ1n) is 10.2. The molecule has 3 aromatic rings. The first-order valence-corrected chi connectivity index (χ1v) is 10.2. The number of hydrogen-bond acceptors (Lipinski definition) is 4. The molecule has 0 saturated carbocycles. The van der Waals surface area contributed by atoms with E-state index in [1.54, 1.807) is 24.5 Å². The molecule has 1 aromatic heterocycles. The van der Waals surface area contributed by atoms with Crippen LogP contribution in [0.15, 0.2) is 90.3 Å². The smallest absolute Gasteiger partial charge is 0.262 e. The third-order valence-corrected chi connectivity index (χ3v) is 4.87. The largest absolute Gasteiger partial charge is 0.343 e. The Kier molecular flexibility index (Phi) is 7.65. The molecule has 0 radical (unpaired) electrons. The van der Waals surface area contributed by atoms with Crippen LogP contribution in [0.1, 0.15) is 36.5 Å². The minimum absolute atomic E-state index is 0.118. The molecule has 0 aliphatic carbocycles. The molecule has 158 valence electrons. The maximum Gasteiger partial charge on any atom is 0.262 e. The van der Waals surface area contributed by atoms with Gasteiger partial charge in [-0.15, -0.1) is 0 Å². The summed E-state index contributed by atoms with van der Waals surface area (Å²) in [7, 11) is 0. The van der Waals surface area contributed by atoms with Crippen LogP contribution in [0, 0.1) is 5.92 Å². The van der Waals surface area contributed by atoms with Crippen molar-refractivity contribution in [1.82, 2.24) is 15.7 Å². The fraction of sp³-hybridized carbons (Fsp3) is 0.200. The van der Waals surface area contributed by atoms with Crippen LogP contribution in [0.5, 0.6) is 0 Å². The summed E-state index contributed by atoms with van der Waals surface area (Å²) in [6.45, 7) is 3.77. The van der Waals surface area contributed by atoms with Crippen molar-refractivity contribution in [1.29, 1.82) is 0 Å². The Balaban J connectivity index is 1.76. The second-order valence-electron chi connectivity index (χ2n) is 7.50. The van der Waals surface area contributed by atoms with E-state index in [0.717, 1.165) is 16.7 Å². The molecule has 31 heavy (non-hydrogen) atoms. The molecule has 6 nitrogen and oxygen atoms in total. The van der Waals surface area contributed by atoms with Gasteiger partial charge in [-0.25, -0.2) is 5.43 Å². The Labute approximate surface area is 182 Å².